The van der Waals surface area contributed by atoms with Gasteiger partial charge in [-0.2, -0.15) is 0 Å². The van der Waals surface area contributed by atoms with Gasteiger partial charge in [-0.15, -0.1) is 0 Å². The fourth-order valence-electron chi connectivity index (χ4n) is 1.37. The van der Waals surface area contributed by atoms with Gasteiger partial charge in [-0.1, -0.05) is 11.6 Å². The molecular weight excluding hydrogens is 367 g/mol. The Balaban J connectivity index is 2.34. The third-order valence-electron chi connectivity index (χ3n) is 2.19. The van der Waals surface area contributed by atoms with Crippen molar-refractivity contribution >= 4 is 60.5 Å². The number of anilines is 3. The van der Waals surface area contributed by atoms with Crippen molar-refractivity contribution in [3.63, 3.8) is 0 Å². The minimum atomic E-state index is 0.683. The zero-order chi connectivity index (χ0) is 12.4. The zero-order valence-electron chi connectivity index (χ0n) is 8.68. The molecule has 0 spiro atoms. The Morgan fingerprint density at radius 1 is 0.941 bits per heavy atom. The first-order valence-corrected chi connectivity index (χ1v) is 6.80. The van der Waals surface area contributed by atoms with Crippen LogP contribution in [0.1, 0.15) is 0 Å². The fourth-order valence-corrected chi connectivity index (χ4v) is 2.38. The fraction of sp³-hybridized carbons (Fsp3) is 0. The molecule has 2 aromatic rings. The van der Waals surface area contributed by atoms with Gasteiger partial charge in [0.1, 0.15) is 0 Å². The smallest absolute Gasteiger partial charge is 0.0543 e. The molecule has 0 fully saturated rings. The largest absolute Gasteiger partial charge is 0.399 e. The highest BCUT2D eigenvalue weighted by atomic mass is 79.9. The highest BCUT2D eigenvalue weighted by Crippen LogP contribution is 2.32. The minimum absolute atomic E-state index is 0.683. The van der Waals surface area contributed by atoms with Gasteiger partial charge >= 0.3 is 0 Å². The molecule has 0 aliphatic rings. The van der Waals surface area contributed by atoms with Crippen molar-refractivity contribution < 1.29 is 0 Å². The summed E-state index contributed by atoms with van der Waals surface area (Å²) < 4.78 is 1.86. The van der Waals surface area contributed by atoms with Crippen LogP contribution in [0.5, 0.6) is 0 Å². The van der Waals surface area contributed by atoms with Gasteiger partial charge in [-0.3, -0.25) is 0 Å². The van der Waals surface area contributed by atoms with E-state index in [9.17, 15) is 0 Å². The van der Waals surface area contributed by atoms with Crippen LogP contribution in [0.25, 0.3) is 0 Å². The van der Waals surface area contributed by atoms with Crippen molar-refractivity contribution in [1.82, 2.24) is 0 Å². The summed E-state index contributed by atoms with van der Waals surface area (Å²) >= 11 is 12.9. The molecule has 0 radical (unpaired) electrons. The maximum atomic E-state index is 5.96. The first kappa shape index (κ1) is 12.7. The van der Waals surface area contributed by atoms with Crippen molar-refractivity contribution in [1.29, 1.82) is 0 Å². The molecule has 0 bridgehead atoms. The summed E-state index contributed by atoms with van der Waals surface area (Å²) in [6, 6.07) is 11.2. The number of hydrogen-bond donors (Lipinski definition) is 2. The summed E-state index contributed by atoms with van der Waals surface area (Å²) in [6.07, 6.45) is 0. The van der Waals surface area contributed by atoms with Crippen molar-refractivity contribution in [3.8, 4) is 0 Å². The van der Waals surface area contributed by atoms with Crippen molar-refractivity contribution in [2.75, 3.05) is 11.1 Å². The van der Waals surface area contributed by atoms with Crippen LogP contribution < -0.4 is 11.1 Å². The second-order valence-electron chi connectivity index (χ2n) is 3.49. The minimum Gasteiger partial charge on any atom is -0.399 e. The zero-order valence-corrected chi connectivity index (χ0v) is 12.6. The first-order chi connectivity index (χ1) is 8.06. The van der Waals surface area contributed by atoms with E-state index in [0.29, 0.717) is 10.7 Å². The normalized spacial score (nSPS) is 10.3. The van der Waals surface area contributed by atoms with E-state index in [2.05, 4.69) is 37.2 Å². The molecule has 0 unspecified atom stereocenters. The van der Waals surface area contributed by atoms with Gasteiger partial charge in [-0.25, -0.2) is 0 Å². The molecule has 0 saturated carbocycles. The summed E-state index contributed by atoms with van der Waals surface area (Å²) in [4.78, 5) is 0. The molecule has 0 aliphatic heterocycles. The van der Waals surface area contributed by atoms with Crippen molar-refractivity contribution in [2.24, 2.45) is 0 Å². The molecule has 3 N–H and O–H groups in total. The van der Waals surface area contributed by atoms with Crippen LogP contribution in [0.4, 0.5) is 17.1 Å². The van der Waals surface area contributed by atoms with Gasteiger partial charge in [0, 0.05) is 19.7 Å². The van der Waals surface area contributed by atoms with Crippen molar-refractivity contribution in [3.05, 3.63) is 50.4 Å². The molecule has 0 heterocycles. The first-order valence-electron chi connectivity index (χ1n) is 4.83. The molecule has 5 heteroatoms. The predicted molar refractivity (Wildman–Crippen MR) is 81.0 cm³/mol. The summed E-state index contributed by atoms with van der Waals surface area (Å²) in [5.74, 6) is 0. The third-order valence-corrected chi connectivity index (χ3v) is 3.77. The molecule has 88 valence electrons. The van der Waals surface area contributed by atoms with E-state index >= 15 is 0 Å². The molecule has 0 amide bonds. The van der Waals surface area contributed by atoms with E-state index in [1.807, 2.05) is 36.4 Å². The number of rotatable bonds is 2. The number of benzene rings is 2. The quantitative estimate of drug-likeness (QED) is 0.708. The molecule has 0 aromatic heterocycles. The van der Waals surface area contributed by atoms with E-state index < -0.39 is 0 Å². The molecule has 2 aromatic carbocycles. The predicted octanol–water partition coefficient (Wildman–Crippen LogP) is 5.19. The monoisotopic (exact) mass is 374 g/mol. The lowest BCUT2D eigenvalue weighted by atomic mass is 10.2. The highest BCUT2D eigenvalue weighted by molar-refractivity contribution is 9.11. The molecule has 17 heavy (non-hydrogen) atoms. The van der Waals surface area contributed by atoms with Gasteiger partial charge in [0.15, 0.2) is 0 Å². The van der Waals surface area contributed by atoms with Crippen LogP contribution >= 0.6 is 43.5 Å². The maximum Gasteiger partial charge on any atom is 0.0543 e. The SMILES string of the molecule is Nc1ccc(Nc2cc(Cl)ccc2Br)c(Br)c1. The third kappa shape index (κ3) is 3.15. The molecule has 0 atom stereocenters. The second kappa shape index (κ2) is 5.29. The number of hydrogen-bond acceptors (Lipinski definition) is 2. The van der Waals surface area contributed by atoms with Crippen LogP contribution in [0.3, 0.4) is 0 Å². The highest BCUT2D eigenvalue weighted by Gasteiger charge is 2.04. The van der Waals surface area contributed by atoms with Gasteiger partial charge < -0.3 is 11.1 Å². The Hall–Kier alpha value is -0.710. The van der Waals surface area contributed by atoms with Gasteiger partial charge in [0.05, 0.1) is 11.4 Å². The topological polar surface area (TPSA) is 38.0 Å². The Labute approximate surface area is 121 Å². The summed E-state index contributed by atoms with van der Waals surface area (Å²) in [7, 11) is 0. The Morgan fingerprint density at radius 2 is 1.71 bits per heavy atom. The standard InChI is InChI=1S/C12H9Br2ClN2/c13-9-3-1-7(15)5-12(9)17-11-4-2-8(16)6-10(11)14/h1-6,17H,16H2. The van der Waals surface area contributed by atoms with Gasteiger partial charge in [0.25, 0.3) is 0 Å². The van der Waals surface area contributed by atoms with Crippen LogP contribution in [-0.2, 0) is 0 Å². The Bertz CT molecular complexity index is 558. The maximum absolute atomic E-state index is 5.96. The number of nitrogens with one attached hydrogen (secondary N) is 1. The lowest BCUT2D eigenvalue weighted by Crippen LogP contribution is -1.94. The lowest BCUT2D eigenvalue weighted by Gasteiger charge is -2.11. The summed E-state index contributed by atoms with van der Waals surface area (Å²) in [5.41, 5.74) is 8.24. The number of nitrogens with two attached hydrogens (primary N) is 1. The molecule has 2 rings (SSSR count). The average Bonchev–Trinajstić information content (AvgIpc) is 2.27. The summed E-state index contributed by atoms with van der Waals surface area (Å²) in [5, 5.41) is 3.96. The van der Waals surface area contributed by atoms with Crippen LogP contribution in [0.15, 0.2) is 45.3 Å². The van der Waals surface area contributed by atoms with Gasteiger partial charge in [0.2, 0.25) is 0 Å². The van der Waals surface area contributed by atoms with Crippen LogP contribution in [0.2, 0.25) is 5.02 Å². The van der Waals surface area contributed by atoms with E-state index in [1.165, 1.54) is 0 Å². The molecule has 0 saturated heterocycles. The molecule has 2 nitrogen and oxygen atoms in total. The number of halogens is 3. The average molecular weight is 376 g/mol. The summed E-state index contributed by atoms with van der Waals surface area (Å²) in [6.45, 7) is 0. The van der Waals surface area contributed by atoms with E-state index in [1.54, 1.807) is 0 Å². The Morgan fingerprint density at radius 3 is 2.41 bits per heavy atom. The van der Waals surface area contributed by atoms with E-state index in [4.69, 9.17) is 17.3 Å². The van der Waals surface area contributed by atoms with Crippen LogP contribution in [0, 0.1) is 0 Å². The Kier molecular flexibility index (Phi) is 3.97. The van der Waals surface area contributed by atoms with E-state index in [-0.39, 0.29) is 0 Å². The molecular formula is C12H9Br2ClN2. The lowest BCUT2D eigenvalue weighted by molar-refractivity contribution is 1.50. The second-order valence-corrected chi connectivity index (χ2v) is 5.63. The van der Waals surface area contributed by atoms with E-state index in [0.717, 1.165) is 20.3 Å². The van der Waals surface area contributed by atoms with Gasteiger partial charge in [-0.05, 0) is 68.3 Å². The van der Waals surface area contributed by atoms with Crippen LogP contribution in [-0.4, -0.2) is 0 Å². The number of nitrogen functional groups attached to an aromatic ring is 1. The van der Waals surface area contributed by atoms with Crippen molar-refractivity contribution in [2.45, 2.75) is 0 Å². The molecule has 0 aliphatic carbocycles.